The summed E-state index contributed by atoms with van der Waals surface area (Å²) in [6.07, 6.45) is 0. The Morgan fingerprint density at radius 3 is 2.18 bits per heavy atom. The molecule has 3 rings (SSSR count). The Bertz CT molecular complexity index is 1170. The molecule has 1 aromatic heterocycles. The maximum absolute atomic E-state index is 13.6. The number of ether oxygens (including phenoxy) is 2. The second-order valence-electron chi connectivity index (χ2n) is 9.35. The average molecular weight is 454 g/mol. The predicted molar refractivity (Wildman–Crippen MR) is 132 cm³/mol. The van der Waals surface area contributed by atoms with Crippen LogP contribution in [0.4, 0.5) is 0 Å². The van der Waals surface area contributed by atoms with Crippen LogP contribution in [-0.4, -0.2) is 37.3 Å². The van der Waals surface area contributed by atoms with E-state index in [0.29, 0.717) is 63.3 Å². The van der Waals surface area contributed by atoms with Crippen molar-refractivity contribution in [3.63, 3.8) is 0 Å². The van der Waals surface area contributed by atoms with Crippen molar-refractivity contribution >= 4 is 11.0 Å². The summed E-state index contributed by atoms with van der Waals surface area (Å²) in [5.41, 5.74) is 2.12. The zero-order chi connectivity index (χ0) is 24.3. The van der Waals surface area contributed by atoms with Gasteiger partial charge in [0.2, 0.25) is 5.43 Å². The molecule has 1 heterocycles. The van der Waals surface area contributed by atoms with Gasteiger partial charge >= 0.3 is 0 Å². The molecule has 0 radical (unpaired) electrons. The highest BCUT2D eigenvalue weighted by atomic mass is 16.5. The topological polar surface area (TPSA) is 72.1 Å². The quantitative estimate of drug-likeness (QED) is 0.454. The van der Waals surface area contributed by atoms with Gasteiger partial charge in [0.15, 0.2) is 11.5 Å². The van der Waals surface area contributed by atoms with E-state index in [2.05, 4.69) is 32.6 Å². The van der Waals surface area contributed by atoms with Crippen LogP contribution in [0.25, 0.3) is 22.1 Å². The Balaban J connectivity index is 2.15. The Morgan fingerprint density at radius 1 is 0.970 bits per heavy atom. The molecule has 33 heavy (non-hydrogen) atoms. The highest BCUT2D eigenvalue weighted by Gasteiger charge is 2.21. The minimum absolute atomic E-state index is 0.138. The molecule has 6 heteroatoms. The molecule has 178 valence electrons. The van der Waals surface area contributed by atoms with Crippen LogP contribution in [0.5, 0.6) is 17.2 Å². The van der Waals surface area contributed by atoms with E-state index in [1.807, 2.05) is 6.07 Å². The normalized spacial score (nSPS) is 11.7. The van der Waals surface area contributed by atoms with Gasteiger partial charge in [-0.2, -0.15) is 0 Å². The van der Waals surface area contributed by atoms with Crippen LogP contribution in [-0.2, 0) is 6.54 Å². The standard InChI is InChI=1S/C27H35NO5/c1-16(2)13-28(14-17(3)4)15-21-22(29)10-9-20-26(30)25(18(5)33-27(20)21)19-8-11-23(31-6)24(12-19)32-7/h8-12,16-17,29H,13-15H2,1-7H3. The van der Waals surface area contributed by atoms with E-state index >= 15 is 0 Å². The summed E-state index contributed by atoms with van der Waals surface area (Å²) >= 11 is 0. The van der Waals surface area contributed by atoms with Crippen molar-refractivity contribution in [2.24, 2.45) is 11.8 Å². The molecule has 1 N–H and O–H groups in total. The van der Waals surface area contributed by atoms with Gasteiger partial charge in [0.05, 0.1) is 30.7 Å². The predicted octanol–water partition coefficient (Wildman–Crippen LogP) is 5.61. The Labute approximate surface area is 195 Å². The van der Waals surface area contributed by atoms with Crippen LogP contribution < -0.4 is 14.9 Å². The Hall–Kier alpha value is -2.99. The third kappa shape index (κ3) is 5.33. The first-order valence-electron chi connectivity index (χ1n) is 11.4. The Morgan fingerprint density at radius 2 is 1.61 bits per heavy atom. The van der Waals surface area contributed by atoms with Crippen LogP contribution in [0.1, 0.15) is 39.0 Å². The maximum atomic E-state index is 13.6. The van der Waals surface area contributed by atoms with E-state index in [0.717, 1.165) is 13.1 Å². The number of benzene rings is 2. The second kappa shape index (κ2) is 10.3. The number of phenols is 1. The van der Waals surface area contributed by atoms with Crippen molar-refractivity contribution < 1.29 is 19.0 Å². The number of phenolic OH excluding ortho intramolecular Hbond substituents is 1. The molecule has 0 aliphatic heterocycles. The number of methoxy groups -OCH3 is 2. The molecule has 6 nitrogen and oxygen atoms in total. The van der Waals surface area contributed by atoms with E-state index in [9.17, 15) is 9.90 Å². The van der Waals surface area contributed by atoms with Crippen molar-refractivity contribution in [1.29, 1.82) is 0 Å². The Kier molecular flexibility index (Phi) is 7.69. The van der Waals surface area contributed by atoms with Gasteiger partial charge in [-0.05, 0) is 48.6 Å². The van der Waals surface area contributed by atoms with Crippen LogP contribution in [0.15, 0.2) is 39.5 Å². The summed E-state index contributed by atoms with van der Waals surface area (Å²) in [6.45, 7) is 12.8. The number of aromatic hydroxyl groups is 1. The van der Waals surface area contributed by atoms with Gasteiger partial charge < -0.3 is 19.0 Å². The third-order valence-corrected chi connectivity index (χ3v) is 5.62. The summed E-state index contributed by atoms with van der Waals surface area (Å²) in [4.78, 5) is 15.9. The number of nitrogens with zero attached hydrogens (tertiary/aromatic N) is 1. The first-order chi connectivity index (χ1) is 15.7. The highest BCUT2D eigenvalue weighted by molar-refractivity contribution is 5.87. The summed E-state index contributed by atoms with van der Waals surface area (Å²) in [7, 11) is 3.13. The molecule has 0 unspecified atom stereocenters. The fourth-order valence-electron chi connectivity index (χ4n) is 4.35. The summed E-state index contributed by atoms with van der Waals surface area (Å²) < 4.78 is 17.0. The van der Waals surface area contributed by atoms with E-state index in [-0.39, 0.29) is 11.2 Å². The van der Waals surface area contributed by atoms with Gasteiger partial charge in [0.25, 0.3) is 0 Å². The molecule has 0 bridgehead atoms. The zero-order valence-corrected chi connectivity index (χ0v) is 20.7. The van der Waals surface area contributed by atoms with E-state index in [4.69, 9.17) is 13.9 Å². The van der Waals surface area contributed by atoms with E-state index in [1.54, 1.807) is 45.4 Å². The molecule has 0 spiro atoms. The molecule has 0 saturated carbocycles. The largest absolute Gasteiger partial charge is 0.507 e. The number of hydrogen-bond donors (Lipinski definition) is 1. The molecule has 0 atom stereocenters. The van der Waals surface area contributed by atoms with Crippen LogP contribution in [0.3, 0.4) is 0 Å². The lowest BCUT2D eigenvalue weighted by molar-refractivity contribution is 0.209. The van der Waals surface area contributed by atoms with Gasteiger partial charge in [-0.25, -0.2) is 0 Å². The van der Waals surface area contributed by atoms with Crippen molar-refractivity contribution in [2.45, 2.75) is 41.2 Å². The molecule has 2 aromatic carbocycles. The zero-order valence-electron chi connectivity index (χ0n) is 20.7. The SMILES string of the molecule is COc1ccc(-c2c(C)oc3c(CN(CC(C)C)CC(C)C)c(O)ccc3c2=O)cc1OC. The van der Waals surface area contributed by atoms with Gasteiger partial charge in [-0.15, -0.1) is 0 Å². The molecular weight excluding hydrogens is 418 g/mol. The van der Waals surface area contributed by atoms with Gasteiger partial charge in [0, 0.05) is 19.6 Å². The van der Waals surface area contributed by atoms with Gasteiger partial charge in [-0.3, -0.25) is 9.69 Å². The lowest BCUT2D eigenvalue weighted by Gasteiger charge is -2.26. The van der Waals surface area contributed by atoms with Crippen molar-refractivity contribution in [3.05, 3.63) is 51.9 Å². The number of hydrogen-bond acceptors (Lipinski definition) is 6. The molecular formula is C27H35NO5. The first-order valence-corrected chi connectivity index (χ1v) is 11.4. The van der Waals surface area contributed by atoms with Crippen molar-refractivity contribution in [3.8, 4) is 28.4 Å². The lowest BCUT2D eigenvalue weighted by Crippen LogP contribution is -2.31. The molecule has 0 fully saturated rings. The van der Waals surface area contributed by atoms with E-state index < -0.39 is 0 Å². The number of rotatable bonds is 9. The minimum atomic E-state index is -0.138. The second-order valence-corrected chi connectivity index (χ2v) is 9.35. The smallest absolute Gasteiger partial charge is 0.200 e. The molecule has 0 saturated heterocycles. The minimum Gasteiger partial charge on any atom is -0.507 e. The summed E-state index contributed by atoms with van der Waals surface area (Å²) in [5.74, 6) is 2.72. The monoisotopic (exact) mass is 453 g/mol. The molecule has 0 aliphatic carbocycles. The molecule has 0 amide bonds. The molecule has 0 aliphatic rings. The van der Waals surface area contributed by atoms with Gasteiger partial charge in [-0.1, -0.05) is 33.8 Å². The fourth-order valence-corrected chi connectivity index (χ4v) is 4.35. The number of aryl methyl sites for hydroxylation is 1. The van der Waals surface area contributed by atoms with Crippen LogP contribution >= 0.6 is 0 Å². The highest BCUT2D eigenvalue weighted by Crippen LogP contribution is 2.35. The van der Waals surface area contributed by atoms with Gasteiger partial charge in [0.1, 0.15) is 17.1 Å². The summed E-state index contributed by atoms with van der Waals surface area (Å²) in [6, 6.07) is 8.60. The first kappa shape index (κ1) is 24.6. The van der Waals surface area contributed by atoms with Crippen LogP contribution in [0, 0.1) is 18.8 Å². The molecule has 3 aromatic rings. The summed E-state index contributed by atoms with van der Waals surface area (Å²) in [5, 5.41) is 11.2. The van der Waals surface area contributed by atoms with E-state index in [1.165, 1.54) is 0 Å². The van der Waals surface area contributed by atoms with Crippen molar-refractivity contribution in [1.82, 2.24) is 4.90 Å². The maximum Gasteiger partial charge on any atom is 0.200 e. The average Bonchev–Trinajstić information content (AvgIpc) is 2.74. The third-order valence-electron chi connectivity index (χ3n) is 5.62. The fraction of sp³-hybridized carbons (Fsp3) is 0.444. The number of fused-ring (bicyclic) bond motifs is 1. The van der Waals surface area contributed by atoms with Crippen molar-refractivity contribution in [2.75, 3.05) is 27.3 Å². The lowest BCUT2D eigenvalue weighted by atomic mass is 10.00. The van der Waals surface area contributed by atoms with Crippen LogP contribution in [0.2, 0.25) is 0 Å².